The first-order chi connectivity index (χ1) is 16.5. The summed E-state index contributed by atoms with van der Waals surface area (Å²) >= 11 is 0. The monoisotopic (exact) mass is 500 g/mol. The number of halogens is 1. The number of nitrogens with zero attached hydrogens (tertiary/aromatic N) is 2. The second-order valence-corrected chi connectivity index (χ2v) is 10.1. The molecule has 1 unspecified atom stereocenters. The number of carboxylic acid groups (broad SMARTS) is 1. The van der Waals surface area contributed by atoms with Crippen LogP contribution in [0.3, 0.4) is 0 Å². The molecule has 1 amide bonds. The summed E-state index contributed by atoms with van der Waals surface area (Å²) in [5, 5.41) is 9.70. The number of hydrogen-bond donors (Lipinski definition) is 1. The number of benzene rings is 3. The lowest BCUT2D eigenvalue weighted by atomic mass is 10.0. The average Bonchev–Trinajstić information content (AvgIpc) is 2.83. The molecule has 0 bridgehead atoms. The molecule has 8 nitrogen and oxygen atoms in total. The highest BCUT2D eigenvalue weighted by Crippen LogP contribution is 2.25. The molecule has 3 aromatic carbocycles. The molecule has 0 aromatic heterocycles. The van der Waals surface area contributed by atoms with E-state index in [1.54, 1.807) is 56.6 Å². The molecule has 0 saturated carbocycles. The fourth-order valence-electron chi connectivity index (χ4n) is 3.29. The summed E-state index contributed by atoms with van der Waals surface area (Å²) < 4.78 is 45.3. The Morgan fingerprint density at radius 3 is 2.17 bits per heavy atom. The predicted octanol–water partition coefficient (Wildman–Crippen LogP) is 3.55. The van der Waals surface area contributed by atoms with Gasteiger partial charge in [-0.3, -0.25) is 4.79 Å². The molecule has 35 heavy (non-hydrogen) atoms. The SMILES string of the molecule is CN(C)C(=O)c1cccc(C(Oc2ccc(CN(C)S(=O)(=O)c3ccc(F)cc3)cc2)C(=O)O)c1. The van der Waals surface area contributed by atoms with Gasteiger partial charge in [-0.2, -0.15) is 4.31 Å². The first-order valence-corrected chi connectivity index (χ1v) is 11.9. The van der Waals surface area contributed by atoms with E-state index >= 15 is 0 Å². The first-order valence-electron chi connectivity index (χ1n) is 10.5. The third-order valence-corrected chi connectivity index (χ3v) is 6.99. The van der Waals surface area contributed by atoms with Gasteiger partial charge in [-0.25, -0.2) is 17.6 Å². The molecule has 1 atom stereocenters. The first kappa shape index (κ1) is 25.9. The van der Waals surface area contributed by atoms with E-state index in [0.29, 0.717) is 16.7 Å². The Labute approximate surface area is 203 Å². The summed E-state index contributed by atoms with van der Waals surface area (Å²) in [5.74, 6) is -1.76. The molecular formula is C25H25FN2O6S. The molecule has 3 aromatic rings. The number of carbonyl (C=O) groups excluding carboxylic acids is 1. The maximum atomic E-state index is 13.1. The molecule has 184 valence electrons. The molecule has 0 aliphatic carbocycles. The predicted molar refractivity (Wildman–Crippen MR) is 127 cm³/mol. The Bertz CT molecular complexity index is 1310. The van der Waals surface area contributed by atoms with Gasteiger partial charge in [0.05, 0.1) is 4.90 Å². The zero-order chi connectivity index (χ0) is 25.8. The second kappa shape index (κ2) is 10.7. The van der Waals surface area contributed by atoms with Gasteiger partial charge in [-0.15, -0.1) is 0 Å². The Balaban J connectivity index is 1.74. The van der Waals surface area contributed by atoms with E-state index < -0.39 is 27.9 Å². The van der Waals surface area contributed by atoms with E-state index in [1.807, 2.05) is 0 Å². The van der Waals surface area contributed by atoms with Gasteiger partial charge in [0.2, 0.25) is 16.1 Å². The van der Waals surface area contributed by atoms with Crippen molar-refractivity contribution in [2.75, 3.05) is 21.1 Å². The Morgan fingerprint density at radius 2 is 1.60 bits per heavy atom. The highest BCUT2D eigenvalue weighted by Gasteiger charge is 2.24. The van der Waals surface area contributed by atoms with Gasteiger partial charge in [0.1, 0.15) is 11.6 Å². The van der Waals surface area contributed by atoms with Crippen molar-refractivity contribution in [3.63, 3.8) is 0 Å². The van der Waals surface area contributed by atoms with Crippen molar-refractivity contribution in [3.8, 4) is 5.75 Å². The van der Waals surface area contributed by atoms with Crippen molar-refractivity contribution in [1.82, 2.24) is 9.21 Å². The summed E-state index contributed by atoms with van der Waals surface area (Å²) in [6.07, 6.45) is -1.35. The zero-order valence-corrected chi connectivity index (χ0v) is 20.2. The van der Waals surface area contributed by atoms with Crippen molar-refractivity contribution in [3.05, 3.63) is 95.3 Å². The molecule has 0 radical (unpaired) electrons. The maximum absolute atomic E-state index is 13.1. The molecule has 0 aliphatic rings. The number of amides is 1. The average molecular weight is 501 g/mol. The van der Waals surface area contributed by atoms with Gasteiger partial charge in [0, 0.05) is 38.8 Å². The number of hydrogen-bond acceptors (Lipinski definition) is 5. The molecule has 0 aliphatic heterocycles. The topological polar surface area (TPSA) is 104 Å². The van der Waals surface area contributed by atoms with Crippen molar-refractivity contribution >= 4 is 21.9 Å². The lowest BCUT2D eigenvalue weighted by molar-refractivity contribution is -0.145. The normalized spacial score (nSPS) is 12.3. The smallest absolute Gasteiger partial charge is 0.349 e. The van der Waals surface area contributed by atoms with Gasteiger partial charge in [0.25, 0.3) is 5.91 Å². The van der Waals surface area contributed by atoms with Crippen LogP contribution in [0, 0.1) is 5.82 Å². The van der Waals surface area contributed by atoms with Crippen LogP contribution in [-0.4, -0.2) is 55.7 Å². The van der Waals surface area contributed by atoms with Crippen molar-refractivity contribution in [2.45, 2.75) is 17.5 Å². The van der Waals surface area contributed by atoms with Crippen molar-refractivity contribution in [2.24, 2.45) is 0 Å². The minimum absolute atomic E-state index is 0.0272. The van der Waals surface area contributed by atoms with Crippen molar-refractivity contribution in [1.29, 1.82) is 0 Å². The molecule has 0 spiro atoms. The quantitative estimate of drug-likeness (QED) is 0.482. The third-order valence-electron chi connectivity index (χ3n) is 5.17. The summed E-state index contributed by atoms with van der Waals surface area (Å²) in [6.45, 7) is 0.0387. The van der Waals surface area contributed by atoms with Crippen LogP contribution in [0.4, 0.5) is 4.39 Å². The van der Waals surface area contributed by atoms with Gasteiger partial charge in [0.15, 0.2) is 0 Å². The highest BCUT2D eigenvalue weighted by molar-refractivity contribution is 7.89. The van der Waals surface area contributed by atoms with Crippen LogP contribution in [0.1, 0.15) is 27.6 Å². The number of aliphatic carboxylic acids is 1. The van der Waals surface area contributed by atoms with Crippen molar-refractivity contribution < 1.29 is 32.2 Å². The number of ether oxygens (including phenoxy) is 1. The van der Waals surface area contributed by atoms with E-state index in [4.69, 9.17) is 4.74 Å². The van der Waals surface area contributed by atoms with Crippen LogP contribution >= 0.6 is 0 Å². The number of carbonyl (C=O) groups is 2. The Morgan fingerprint density at radius 1 is 0.971 bits per heavy atom. The lowest BCUT2D eigenvalue weighted by Gasteiger charge is -2.19. The number of carboxylic acids is 1. The Hall–Kier alpha value is -3.76. The van der Waals surface area contributed by atoms with Gasteiger partial charge in [-0.05, 0) is 54.1 Å². The summed E-state index contributed by atoms with van der Waals surface area (Å²) in [5.41, 5.74) is 1.28. The van der Waals surface area contributed by atoms with Crippen LogP contribution in [0.5, 0.6) is 5.75 Å². The van der Waals surface area contributed by atoms with Crippen LogP contribution in [-0.2, 0) is 21.4 Å². The molecule has 1 N–H and O–H groups in total. The van der Waals surface area contributed by atoms with Gasteiger partial charge >= 0.3 is 5.97 Å². The van der Waals surface area contributed by atoms with E-state index in [9.17, 15) is 27.5 Å². The molecular weight excluding hydrogens is 475 g/mol. The van der Waals surface area contributed by atoms with E-state index in [0.717, 1.165) is 16.4 Å². The fourth-order valence-corrected chi connectivity index (χ4v) is 4.45. The minimum Gasteiger partial charge on any atom is -0.478 e. The van der Waals surface area contributed by atoms with Gasteiger partial charge in [-0.1, -0.05) is 24.3 Å². The maximum Gasteiger partial charge on any atom is 0.349 e. The van der Waals surface area contributed by atoms with Crippen LogP contribution in [0.15, 0.2) is 77.7 Å². The number of rotatable bonds is 9. The fraction of sp³-hybridized carbons (Fsp3) is 0.200. The molecule has 0 fully saturated rings. The van der Waals surface area contributed by atoms with Gasteiger partial charge < -0.3 is 14.7 Å². The molecule has 0 heterocycles. The van der Waals surface area contributed by atoms with Crippen LogP contribution < -0.4 is 4.74 Å². The van der Waals surface area contributed by atoms with Crippen LogP contribution in [0.2, 0.25) is 0 Å². The molecule has 10 heteroatoms. The van der Waals surface area contributed by atoms with E-state index in [2.05, 4.69) is 0 Å². The second-order valence-electron chi connectivity index (χ2n) is 8.02. The summed E-state index contributed by atoms with van der Waals surface area (Å²) in [6, 6.07) is 17.1. The van der Waals surface area contributed by atoms with E-state index in [-0.39, 0.29) is 23.1 Å². The van der Waals surface area contributed by atoms with E-state index in [1.165, 1.54) is 30.1 Å². The molecule has 3 rings (SSSR count). The zero-order valence-electron chi connectivity index (χ0n) is 19.4. The number of sulfonamides is 1. The summed E-state index contributed by atoms with van der Waals surface area (Å²) in [4.78, 5) is 25.5. The minimum atomic E-state index is -3.82. The summed E-state index contributed by atoms with van der Waals surface area (Å²) in [7, 11) is 0.790. The largest absolute Gasteiger partial charge is 0.478 e. The standard InChI is InChI=1S/C25H25FN2O6S/c1-27(2)24(29)19-6-4-5-18(15-19)23(25(30)31)34-21-11-7-17(8-12-21)16-28(3)35(32,33)22-13-9-20(26)10-14-22/h4-15,23H,16H2,1-3H3,(H,30,31). The molecule has 0 saturated heterocycles. The third kappa shape index (κ3) is 6.23. The Kier molecular flexibility index (Phi) is 7.88. The highest BCUT2D eigenvalue weighted by atomic mass is 32.2. The lowest BCUT2D eigenvalue weighted by Crippen LogP contribution is -2.26. The van der Waals surface area contributed by atoms with Crippen LogP contribution in [0.25, 0.3) is 0 Å².